The third-order valence-electron chi connectivity index (χ3n) is 5.76. The Kier molecular flexibility index (Phi) is 4.57. The fourth-order valence-corrected chi connectivity index (χ4v) is 4.52. The van der Waals surface area contributed by atoms with Gasteiger partial charge in [-0.2, -0.15) is 0 Å². The summed E-state index contributed by atoms with van der Waals surface area (Å²) in [5.74, 6) is 0.0692. The number of carbonyl (C=O) groups excluding carboxylic acids is 1. The van der Waals surface area contributed by atoms with Gasteiger partial charge in [-0.1, -0.05) is 24.3 Å². The van der Waals surface area contributed by atoms with Crippen molar-refractivity contribution in [2.24, 2.45) is 0 Å². The third-order valence-corrected chi connectivity index (χ3v) is 5.76. The first-order valence-corrected chi connectivity index (χ1v) is 9.14. The molecular formula is C19H26N2O3. The summed E-state index contributed by atoms with van der Waals surface area (Å²) in [4.78, 5) is 15.3. The number of fused-ring (bicyclic) bond motifs is 1. The van der Waals surface area contributed by atoms with E-state index in [0.717, 1.165) is 56.6 Å². The van der Waals surface area contributed by atoms with Gasteiger partial charge in [-0.3, -0.25) is 9.69 Å². The summed E-state index contributed by atoms with van der Waals surface area (Å²) in [5.41, 5.74) is 2.21. The number of aliphatic hydroxyl groups excluding tert-OH is 1. The van der Waals surface area contributed by atoms with Crippen molar-refractivity contribution in [1.29, 1.82) is 0 Å². The number of hydrogen-bond donors (Lipinski definition) is 2. The van der Waals surface area contributed by atoms with Crippen LogP contribution in [0.3, 0.4) is 0 Å². The number of carbonyl (C=O) groups is 1. The van der Waals surface area contributed by atoms with E-state index in [-0.39, 0.29) is 18.0 Å². The number of ether oxygens (including phenoxy) is 1. The monoisotopic (exact) mass is 330 g/mol. The van der Waals surface area contributed by atoms with Crippen LogP contribution in [0.5, 0.6) is 0 Å². The van der Waals surface area contributed by atoms with Crippen LogP contribution < -0.4 is 5.32 Å². The maximum Gasteiger partial charge on any atom is 0.237 e. The quantitative estimate of drug-likeness (QED) is 0.880. The van der Waals surface area contributed by atoms with Gasteiger partial charge in [-0.05, 0) is 43.4 Å². The lowest BCUT2D eigenvalue weighted by molar-refractivity contribution is -0.128. The largest absolute Gasteiger partial charge is 0.390 e. The summed E-state index contributed by atoms with van der Waals surface area (Å²) >= 11 is 0. The van der Waals surface area contributed by atoms with Crippen molar-refractivity contribution < 1.29 is 14.6 Å². The third kappa shape index (κ3) is 2.96. The van der Waals surface area contributed by atoms with Crippen LogP contribution in [-0.4, -0.2) is 53.9 Å². The van der Waals surface area contributed by atoms with Gasteiger partial charge in [0, 0.05) is 25.7 Å². The molecule has 1 aromatic carbocycles. The van der Waals surface area contributed by atoms with Crippen LogP contribution in [0.4, 0.5) is 0 Å². The molecule has 5 nitrogen and oxygen atoms in total. The molecule has 3 aliphatic rings. The Labute approximate surface area is 143 Å². The van der Waals surface area contributed by atoms with Gasteiger partial charge < -0.3 is 15.2 Å². The highest BCUT2D eigenvalue weighted by Crippen LogP contribution is 2.32. The summed E-state index contributed by atoms with van der Waals surface area (Å²) in [6, 6.07) is 8.13. The van der Waals surface area contributed by atoms with Crippen molar-refractivity contribution in [3.63, 3.8) is 0 Å². The molecule has 2 aliphatic heterocycles. The van der Waals surface area contributed by atoms with Crippen molar-refractivity contribution in [1.82, 2.24) is 10.2 Å². The van der Waals surface area contributed by atoms with Crippen LogP contribution in [0.15, 0.2) is 24.3 Å². The molecule has 1 aromatic rings. The average molecular weight is 330 g/mol. The molecule has 2 fully saturated rings. The van der Waals surface area contributed by atoms with Crippen molar-refractivity contribution in [3.05, 3.63) is 35.4 Å². The molecule has 2 heterocycles. The fraction of sp³-hybridized carbons (Fsp3) is 0.632. The van der Waals surface area contributed by atoms with Crippen molar-refractivity contribution in [2.45, 2.75) is 56.3 Å². The maximum absolute atomic E-state index is 12.9. The molecule has 24 heavy (non-hydrogen) atoms. The first kappa shape index (κ1) is 16.1. The molecule has 2 saturated heterocycles. The normalized spacial score (nSPS) is 31.1. The molecule has 4 rings (SSSR count). The minimum atomic E-state index is -0.524. The lowest BCUT2D eigenvalue weighted by atomic mass is 10.0. The number of nitrogens with zero attached hydrogens (tertiary/aromatic N) is 1. The predicted octanol–water partition coefficient (Wildman–Crippen LogP) is 1.40. The second kappa shape index (κ2) is 6.82. The highest BCUT2D eigenvalue weighted by molar-refractivity contribution is 5.82. The zero-order valence-electron chi connectivity index (χ0n) is 14.0. The van der Waals surface area contributed by atoms with E-state index in [9.17, 15) is 9.90 Å². The van der Waals surface area contributed by atoms with Gasteiger partial charge in [0.15, 0.2) is 0 Å². The summed E-state index contributed by atoms with van der Waals surface area (Å²) in [7, 11) is 0. The van der Waals surface area contributed by atoms with Crippen LogP contribution in [0.25, 0.3) is 0 Å². The van der Waals surface area contributed by atoms with Gasteiger partial charge >= 0.3 is 0 Å². The minimum absolute atomic E-state index is 0.0620. The maximum atomic E-state index is 12.9. The molecule has 0 radical (unpaired) electrons. The zero-order chi connectivity index (χ0) is 16.5. The molecule has 1 amide bonds. The predicted molar refractivity (Wildman–Crippen MR) is 90.6 cm³/mol. The molecule has 0 spiro atoms. The Morgan fingerprint density at radius 2 is 2.00 bits per heavy atom. The first-order valence-electron chi connectivity index (χ1n) is 9.14. The number of nitrogens with one attached hydrogen (secondary N) is 1. The summed E-state index contributed by atoms with van der Waals surface area (Å²) < 4.78 is 5.46. The smallest absolute Gasteiger partial charge is 0.237 e. The van der Waals surface area contributed by atoms with Gasteiger partial charge in [-0.25, -0.2) is 0 Å². The van der Waals surface area contributed by atoms with E-state index in [0.29, 0.717) is 12.5 Å². The summed E-state index contributed by atoms with van der Waals surface area (Å²) in [6.07, 6.45) is 4.10. The summed E-state index contributed by atoms with van der Waals surface area (Å²) in [5, 5.41) is 13.5. The number of benzene rings is 1. The first-order chi connectivity index (χ1) is 11.7. The molecule has 0 saturated carbocycles. The molecule has 0 bridgehead atoms. The zero-order valence-corrected chi connectivity index (χ0v) is 14.0. The number of aliphatic hydroxyl groups is 1. The average Bonchev–Trinajstić information content (AvgIpc) is 3.21. The van der Waals surface area contributed by atoms with Crippen molar-refractivity contribution in [3.8, 4) is 0 Å². The Balaban J connectivity index is 1.45. The second-order valence-electron chi connectivity index (χ2n) is 7.20. The van der Waals surface area contributed by atoms with Crippen LogP contribution in [0.1, 0.15) is 42.9 Å². The summed E-state index contributed by atoms with van der Waals surface area (Å²) in [6.45, 7) is 2.58. The fourth-order valence-electron chi connectivity index (χ4n) is 4.52. The molecule has 130 valence electrons. The lowest BCUT2D eigenvalue weighted by Crippen LogP contribution is -2.50. The molecule has 1 aliphatic carbocycles. The van der Waals surface area contributed by atoms with Crippen LogP contribution in [0.2, 0.25) is 0 Å². The van der Waals surface area contributed by atoms with Crippen LogP contribution >= 0.6 is 0 Å². The molecular weight excluding hydrogens is 304 g/mol. The molecule has 2 N–H and O–H groups in total. The second-order valence-corrected chi connectivity index (χ2v) is 7.20. The van der Waals surface area contributed by atoms with E-state index < -0.39 is 6.10 Å². The van der Waals surface area contributed by atoms with Gasteiger partial charge in [0.25, 0.3) is 0 Å². The number of rotatable bonds is 3. The Morgan fingerprint density at radius 1 is 1.21 bits per heavy atom. The lowest BCUT2D eigenvalue weighted by Gasteiger charge is -2.35. The minimum Gasteiger partial charge on any atom is -0.390 e. The molecule has 3 atom stereocenters. The molecule has 5 heteroatoms. The van der Waals surface area contributed by atoms with E-state index in [1.807, 2.05) is 24.3 Å². The van der Waals surface area contributed by atoms with Crippen LogP contribution in [0, 0.1) is 0 Å². The number of likely N-dealkylation sites (tertiary alicyclic amines) is 1. The standard InChI is InChI=1S/C19H26N2O3/c22-17-12-13-4-1-2-5-15(13)18(17)20-19(23)16-6-3-9-21(16)14-7-10-24-11-8-14/h1-2,4-5,14,16-18,22H,3,6-12H2,(H,20,23). The highest BCUT2D eigenvalue weighted by atomic mass is 16.5. The van der Waals surface area contributed by atoms with E-state index in [2.05, 4.69) is 10.2 Å². The van der Waals surface area contributed by atoms with Gasteiger partial charge in [0.05, 0.1) is 18.2 Å². The topological polar surface area (TPSA) is 61.8 Å². The highest BCUT2D eigenvalue weighted by Gasteiger charge is 2.39. The number of hydrogen-bond acceptors (Lipinski definition) is 4. The van der Waals surface area contributed by atoms with E-state index in [4.69, 9.17) is 4.74 Å². The van der Waals surface area contributed by atoms with Crippen LogP contribution in [-0.2, 0) is 16.0 Å². The molecule has 3 unspecified atom stereocenters. The van der Waals surface area contributed by atoms with Gasteiger partial charge in [0.2, 0.25) is 5.91 Å². The molecule has 0 aromatic heterocycles. The van der Waals surface area contributed by atoms with Gasteiger partial charge in [0.1, 0.15) is 0 Å². The Hall–Kier alpha value is -1.43. The van der Waals surface area contributed by atoms with Crippen molar-refractivity contribution in [2.75, 3.05) is 19.8 Å². The SMILES string of the molecule is O=C(NC1c2ccccc2CC1O)C1CCCN1C1CCOCC1. The Morgan fingerprint density at radius 3 is 2.83 bits per heavy atom. The van der Waals surface area contributed by atoms with Crippen molar-refractivity contribution >= 4 is 5.91 Å². The number of amides is 1. The van der Waals surface area contributed by atoms with E-state index in [1.54, 1.807) is 0 Å². The van der Waals surface area contributed by atoms with Gasteiger partial charge in [-0.15, -0.1) is 0 Å². The Bertz CT molecular complexity index is 600. The van der Waals surface area contributed by atoms with E-state index >= 15 is 0 Å². The van der Waals surface area contributed by atoms with E-state index in [1.165, 1.54) is 0 Å².